The highest BCUT2D eigenvalue weighted by atomic mass is 79.9. The van der Waals surface area contributed by atoms with Gasteiger partial charge in [0.1, 0.15) is 5.75 Å². The van der Waals surface area contributed by atoms with E-state index in [1.54, 1.807) is 7.11 Å². The lowest BCUT2D eigenvalue weighted by Gasteiger charge is -2.39. The molecule has 0 atom stereocenters. The van der Waals surface area contributed by atoms with Crippen LogP contribution in [0.2, 0.25) is 0 Å². The second-order valence-electron chi connectivity index (χ2n) is 4.77. The molecule has 2 rings (SSSR count). The van der Waals surface area contributed by atoms with E-state index in [9.17, 15) is 4.79 Å². The van der Waals surface area contributed by atoms with Crippen LogP contribution >= 0.6 is 15.9 Å². The van der Waals surface area contributed by atoms with E-state index in [0.29, 0.717) is 0 Å². The van der Waals surface area contributed by atoms with E-state index in [4.69, 9.17) is 9.47 Å². The van der Waals surface area contributed by atoms with Crippen molar-refractivity contribution in [2.75, 3.05) is 14.2 Å². The van der Waals surface area contributed by atoms with Crippen molar-refractivity contribution in [1.29, 1.82) is 0 Å². The van der Waals surface area contributed by atoms with Crippen molar-refractivity contribution in [1.82, 2.24) is 0 Å². The number of ether oxygens (including phenoxy) is 2. The van der Waals surface area contributed by atoms with Crippen LogP contribution in [-0.2, 0) is 16.0 Å². The molecule has 1 aliphatic carbocycles. The Labute approximate surface area is 116 Å². The van der Waals surface area contributed by atoms with E-state index in [0.717, 1.165) is 41.5 Å². The molecule has 3 nitrogen and oxygen atoms in total. The Morgan fingerprint density at radius 2 is 2.11 bits per heavy atom. The maximum absolute atomic E-state index is 11.9. The van der Waals surface area contributed by atoms with Crippen LogP contribution in [-0.4, -0.2) is 20.2 Å². The molecule has 1 fully saturated rings. The molecule has 1 saturated carbocycles. The summed E-state index contributed by atoms with van der Waals surface area (Å²) in [5.41, 5.74) is 0.829. The lowest BCUT2D eigenvalue weighted by atomic mass is 9.65. The van der Waals surface area contributed by atoms with Crippen LogP contribution < -0.4 is 4.74 Å². The van der Waals surface area contributed by atoms with E-state index >= 15 is 0 Å². The van der Waals surface area contributed by atoms with Gasteiger partial charge in [-0.25, -0.2) is 0 Å². The second-order valence-corrected chi connectivity index (χ2v) is 5.63. The Bertz CT molecular complexity index is 452. The Morgan fingerprint density at radius 3 is 2.56 bits per heavy atom. The summed E-state index contributed by atoms with van der Waals surface area (Å²) in [6.07, 6.45) is 3.68. The zero-order chi connectivity index (χ0) is 13.2. The van der Waals surface area contributed by atoms with Gasteiger partial charge in [-0.05, 0) is 52.9 Å². The van der Waals surface area contributed by atoms with Crippen molar-refractivity contribution in [2.45, 2.75) is 25.7 Å². The number of methoxy groups -OCH3 is 2. The smallest absolute Gasteiger partial charge is 0.312 e. The van der Waals surface area contributed by atoms with Crippen molar-refractivity contribution in [3.05, 3.63) is 28.2 Å². The Balaban J connectivity index is 2.18. The summed E-state index contributed by atoms with van der Waals surface area (Å²) in [6, 6.07) is 5.94. The maximum Gasteiger partial charge on any atom is 0.312 e. The van der Waals surface area contributed by atoms with Gasteiger partial charge in [-0.1, -0.05) is 12.5 Å². The monoisotopic (exact) mass is 312 g/mol. The quantitative estimate of drug-likeness (QED) is 0.800. The topological polar surface area (TPSA) is 35.5 Å². The minimum atomic E-state index is -0.303. The van der Waals surface area contributed by atoms with Crippen LogP contribution in [0.15, 0.2) is 22.7 Å². The molecule has 4 heteroatoms. The predicted molar refractivity (Wildman–Crippen MR) is 72.7 cm³/mol. The van der Waals surface area contributed by atoms with E-state index < -0.39 is 0 Å². The highest BCUT2D eigenvalue weighted by Crippen LogP contribution is 2.45. The molecule has 0 heterocycles. The highest BCUT2D eigenvalue weighted by Gasteiger charge is 2.45. The number of hydrogen-bond acceptors (Lipinski definition) is 3. The molecular weight excluding hydrogens is 296 g/mol. The van der Waals surface area contributed by atoms with Gasteiger partial charge in [0.05, 0.1) is 24.1 Å². The van der Waals surface area contributed by atoms with Crippen molar-refractivity contribution in [3.63, 3.8) is 0 Å². The van der Waals surface area contributed by atoms with Gasteiger partial charge in [0.25, 0.3) is 0 Å². The normalized spacial score (nSPS) is 16.8. The first-order valence-corrected chi connectivity index (χ1v) is 6.81. The van der Waals surface area contributed by atoms with E-state index in [1.165, 1.54) is 7.11 Å². The molecule has 1 aliphatic rings. The molecule has 0 bridgehead atoms. The second kappa shape index (κ2) is 5.31. The van der Waals surface area contributed by atoms with Gasteiger partial charge in [-0.3, -0.25) is 4.79 Å². The standard InChI is InChI=1S/C14H17BrO3/c1-17-12-5-4-10(8-11(12)15)9-14(6-3-7-14)13(16)18-2/h4-5,8H,3,6-7,9H2,1-2H3. The molecule has 0 N–H and O–H groups in total. The minimum Gasteiger partial charge on any atom is -0.496 e. The van der Waals surface area contributed by atoms with E-state index in [-0.39, 0.29) is 11.4 Å². The Kier molecular flexibility index (Phi) is 3.95. The first kappa shape index (κ1) is 13.4. The molecule has 18 heavy (non-hydrogen) atoms. The number of carbonyl (C=O) groups excluding carboxylic acids is 1. The molecule has 0 radical (unpaired) electrons. The maximum atomic E-state index is 11.9. The molecule has 0 amide bonds. The largest absolute Gasteiger partial charge is 0.496 e. The molecule has 1 aromatic rings. The summed E-state index contributed by atoms with van der Waals surface area (Å²) in [6.45, 7) is 0. The first-order chi connectivity index (χ1) is 8.61. The average Bonchev–Trinajstić information content (AvgIpc) is 2.33. The molecule has 98 valence electrons. The number of esters is 1. The summed E-state index contributed by atoms with van der Waals surface area (Å²) in [7, 11) is 3.11. The van der Waals surface area contributed by atoms with Crippen LogP contribution in [0, 0.1) is 5.41 Å². The van der Waals surface area contributed by atoms with Crippen LogP contribution in [0.5, 0.6) is 5.75 Å². The van der Waals surface area contributed by atoms with Crippen LogP contribution in [0.25, 0.3) is 0 Å². The third-order valence-electron chi connectivity index (χ3n) is 3.69. The van der Waals surface area contributed by atoms with E-state index in [1.807, 2.05) is 18.2 Å². The van der Waals surface area contributed by atoms with Gasteiger partial charge < -0.3 is 9.47 Å². The number of carbonyl (C=O) groups is 1. The summed E-state index contributed by atoms with van der Waals surface area (Å²) in [5.74, 6) is 0.722. The fraction of sp³-hybridized carbons (Fsp3) is 0.500. The molecule has 1 aromatic carbocycles. The molecular formula is C14H17BrO3. The predicted octanol–water partition coefficient (Wildman–Crippen LogP) is 3.34. The van der Waals surface area contributed by atoms with Crippen molar-refractivity contribution in [3.8, 4) is 5.75 Å². The summed E-state index contributed by atoms with van der Waals surface area (Å²) in [4.78, 5) is 11.9. The van der Waals surface area contributed by atoms with Crippen LogP contribution in [0.4, 0.5) is 0 Å². The zero-order valence-electron chi connectivity index (χ0n) is 10.7. The van der Waals surface area contributed by atoms with Crippen LogP contribution in [0.3, 0.4) is 0 Å². The van der Waals surface area contributed by atoms with Crippen molar-refractivity contribution >= 4 is 21.9 Å². The lowest BCUT2D eigenvalue weighted by Crippen LogP contribution is -2.40. The summed E-state index contributed by atoms with van der Waals surface area (Å²) < 4.78 is 11.0. The van der Waals surface area contributed by atoms with Gasteiger partial charge in [-0.2, -0.15) is 0 Å². The fourth-order valence-corrected chi connectivity index (χ4v) is 3.07. The number of halogens is 1. The molecule has 0 spiro atoms. The molecule has 0 aromatic heterocycles. The number of hydrogen-bond donors (Lipinski definition) is 0. The molecule has 0 unspecified atom stereocenters. The number of benzene rings is 1. The average molecular weight is 313 g/mol. The van der Waals surface area contributed by atoms with Gasteiger partial charge in [0.2, 0.25) is 0 Å². The minimum absolute atomic E-state index is 0.0827. The molecule has 0 saturated heterocycles. The third-order valence-corrected chi connectivity index (χ3v) is 4.31. The summed E-state index contributed by atoms with van der Waals surface area (Å²) >= 11 is 3.47. The third kappa shape index (κ3) is 2.39. The first-order valence-electron chi connectivity index (χ1n) is 6.02. The van der Waals surface area contributed by atoms with Crippen molar-refractivity contribution < 1.29 is 14.3 Å². The fourth-order valence-electron chi connectivity index (χ4n) is 2.48. The van der Waals surface area contributed by atoms with Crippen molar-refractivity contribution in [2.24, 2.45) is 5.41 Å². The Hall–Kier alpha value is -1.03. The highest BCUT2D eigenvalue weighted by molar-refractivity contribution is 9.10. The lowest BCUT2D eigenvalue weighted by molar-refractivity contribution is -0.158. The van der Waals surface area contributed by atoms with Gasteiger partial charge in [0, 0.05) is 0 Å². The van der Waals surface area contributed by atoms with Gasteiger partial charge in [-0.15, -0.1) is 0 Å². The van der Waals surface area contributed by atoms with Gasteiger partial charge >= 0.3 is 5.97 Å². The SMILES string of the molecule is COC(=O)C1(Cc2ccc(OC)c(Br)c2)CCC1. The molecule has 0 aliphatic heterocycles. The van der Waals surface area contributed by atoms with Crippen LogP contribution in [0.1, 0.15) is 24.8 Å². The van der Waals surface area contributed by atoms with Gasteiger partial charge in [0.15, 0.2) is 0 Å². The van der Waals surface area contributed by atoms with E-state index in [2.05, 4.69) is 15.9 Å². The Morgan fingerprint density at radius 1 is 1.39 bits per heavy atom. The zero-order valence-corrected chi connectivity index (χ0v) is 12.2. The number of rotatable bonds is 4. The summed E-state index contributed by atoms with van der Waals surface area (Å²) in [5, 5.41) is 0.